The van der Waals surface area contributed by atoms with Gasteiger partial charge in [0.15, 0.2) is 5.78 Å². The number of aryl methyl sites for hydroxylation is 1. The number of rotatable bonds is 8. The molecule has 198 valence electrons. The maximum Gasteiger partial charge on any atom is 0.252 e. The van der Waals surface area contributed by atoms with Crippen LogP contribution < -0.4 is 5.32 Å². The Morgan fingerprint density at radius 2 is 1.74 bits per heavy atom. The normalized spacial score (nSPS) is 24.5. The van der Waals surface area contributed by atoms with E-state index in [1.54, 1.807) is 0 Å². The third-order valence-electron chi connectivity index (χ3n) is 9.21. The molecule has 1 aromatic heterocycles. The number of benzene rings is 2. The standard InChI is InChI=1S/C33H39N3O2/c1-3-5-32(37)23-11-15-26-28(20-23)31-17-16-30(26)36(31)19-18-22-9-12-24(13-10-22)35-33(38)27-6-4-7-29-25(27)14-8-21(2)34-29/h4,6-8,11,14-15,20,22,24,30-31H,3,5,9-10,12-13,16-19H2,1-2H3,(H,35,38)/t22?,24?,30-,31?/m0/s1. The Balaban J connectivity index is 1.02. The number of carbonyl (C=O) groups is 2. The van der Waals surface area contributed by atoms with Crippen molar-refractivity contribution in [2.75, 3.05) is 6.54 Å². The Morgan fingerprint density at radius 1 is 0.947 bits per heavy atom. The van der Waals surface area contributed by atoms with E-state index in [0.717, 1.165) is 59.4 Å². The van der Waals surface area contributed by atoms with Gasteiger partial charge in [-0.15, -0.1) is 0 Å². The van der Waals surface area contributed by atoms with E-state index in [0.29, 0.717) is 18.5 Å². The van der Waals surface area contributed by atoms with E-state index in [1.165, 1.54) is 43.2 Å². The summed E-state index contributed by atoms with van der Waals surface area (Å²) in [6.45, 7) is 5.18. The zero-order chi connectivity index (χ0) is 26.2. The van der Waals surface area contributed by atoms with Crippen LogP contribution in [0.3, 0.4) is 0 Å². The molecule has 1 unspecified atom stereocenters. The Kier molecular flexibility index (Phi) is 7.05. The van der Waals surface area contributed by atoms with Crippen LogP contribution in [0, 0.1) is 12.8 Å². The molecule has 5 heteroatoms. The summed E-state index contributed by atoms with van der Waals surface area (Å²) in [5.41, 5.74) is 6.33. The molecule has 3 heterocycles. The van der Waals surface area contributed by atoms with Crippen molar-refractivity contribution in [3.8, 4) is 0 Å². The largest absolute Gasteiger partial charge is 0.349 e. The van der Waals surface area contributed by atoms with E-state index >= 15 is 0 Å². The number of nitrogens with zero attached hydrogens (tertiary/aromatic N) is 2. The molecule has 2 fully saturated rings. The van der Waals surface area contributed by atoms with Gasteiger partial charge in [-0.25, -0.2) is 0 Å². The molecule has 3 aromatic rings. The minimum Gasteiger partial charge on any atom is -0.349 e. The summed E-state index contributed by atoms with van der Waals surface area (Å²) in [7, 11) is 0. The molecule has 1 saturated carbocycles. The maximum atomic E-state index is 13.1. The average Bonchev–Trinajstić information content (AvgIpc) is 3.48. The lowest BCUT2D eigenvalue weighted by molar-refractivity contribution is 0.0919. The molecule has 2 atom stereocenters. The molecule has 0 spiro atoms. The van der Waals surface area contributed by atoms with Gasteiger partial charge in [0.25, 0.3) is 5.91 Å². The van der Waals surface area contributed by atoms with Crippen LogP contribution in [0.4, 0.5) is 0 Å². The van der Waals surface area contributed by atoms with E-state index in [-0.39, 0.29) is 17.7 Å². The monoisotopic (exact) mass is 509 g/mol. The fourth-order valence-corrected chi connectivity index (χ4v) is 7.20. The number of aromatic nitrogens is 1. The Hall–Kier alpha value is -3.05. The third-order valence-corrected chi connectivity index (χ3v) is 9.21. The summed E-state index contributed by atoms with van der Waals surface area (Å²) in [5.74, 6) is 1.02. The van der Waals surface area contributed by atoms with Crippen LogP contribution in [0.15, 0.2) is 48.5 Å². The summed E-state index contributed by atoms with van der Waals surface area (Å²) in [6, 6.07) is 17.5. The van der Waals surface area contributed by atoms with Gasteiger partial charge in [0.05, 0.1) is 5.52 Å². The lowest BCUT2D eigenvalue weighted by Gasteiger charge is -2.31. The van der Waals surface area contributed by atoms with Crippen molar-refractivity contribution < 1.29 is 9.59 Å². The molecular formula is C33H39N3O2. The summed E-state index contributed by atoms with van der Waals surface area (Å²) in [4.78, 5) is 32.9. The molecule has 1 aliphatic carbocycles. The Bertz CT molecular complexity index is 1360. The van der Waals surface area contributed by atoms with Crippen LogP contribution in [0.5, 0.6) is 0 Å². The number of hydrogen-bond donors (Lipinski definition) is 1. The highest BCUT2D eigenvalue weighted by Crippen LogP contribution is 2.53. The first-order valence-corrected chi connectivity index (χ1v) is 14.6. The van der Waals surface area contributed by atoms with Crippen molar-refractivity contribution in [3.63, 3.8) is 0 Å². The van der Waals surface area contributed by atoms with Gasteiger partial charge < -0.3 is 5.32 Å². The first-order chi connectivity index (χ1) is 18.5. The highest BCUT2D eigenvalue weighted by Gasteiger charge is 2.43. The van der Waals surface area contributed by atoms with Crippen molar-refractivity contribution in [2.45, 2.75) is 89.8 Å². The van der Waals surface area contributed by atoms with Gasteiger partial charge >= 0.3 is 0 Å². The summed E-state index contributed by atoms with van der Waals surface area (Å²) in [5, 5.41) is 4.24. The van der Waals surface area contributed by atoms with Crippen molar-refractivity contribution in [1.82, 2.24) is 15.2 Å². The zero-order valence-corrected chi connectivity index (χ0v) is 22.7. The number of carbonyl (C=O) groups excluding carboxylic acids is 2. The molecule has 2 aliphatic heterocycles. The second kappa shape index (κ2) is 10.6. The lowest BCUT2D eigenvalue weighted by Crippen LogP contribution is -2.38. The molecule has 0 radical (unpaired) electrons. The quantitative estimate of drug-likeness (QED) is 0.329. The minimum absolute atomic E-state index is 0.0212. The first kappa shape index (κ1) is 25.2. The molecule has 1 N–H and O–H groups in total. The molecule has 1 amide bonds. The average molecular weight is 510 g/mol. The van der Waals surface area contributed by atoms with Gasteiger partial charge in [-0.05, 0) is 106 Å². The van der Waals surface area contributed by atoms with Crippen LogP contribution in [-0.4, -0.2) is 34.2 Å². The van der Waals surface area contributed by atoms with Gasteiger partial charge in [0.1, 0.15) is 0 Å². The molecule has 2 bridgehead atoms. The van der Waals surface area contributed by atoms with Crippen molar-refractivity contribution in [1.29, 1.82) is 0 Å². The van der Waals surface area contributed by atoms with Crippen LogP contribution >= 0.6 is 0 Å². The van der Waals surface area contributed by atoms with E-state index in [1.807, 2.05) is 37.3 Å². The van der Waals surface area contributed by atoms with E-state index < -0.39 is 0 Å². The SMILES string of the molecule is CCCC(=O)c1ccc2c(c1)C1CC[C@@H]2N1CCC1CCC(NC(=O)c2cccc3nc(C)ccc23)CC1. The second-order valence-electron chi connectivity index (χ2n) is 11.7. The molecule has 38 heavy (non-hydrogen) atoms. The molecule has 6 rings (SSSR count). The number of Topliss-reactive ketones (excluding diaryl/α,β-unsaturated/α-hetero) is 1. The highest BCUT2D eigenvalue weighted by atomic mass is 16.1. The van der Waals surface area contributed by atoms with Crippen LogP contribution in [0.2, 0.25) is 0 Å². The zero-order valence-electron chi connectivity index (χ0n) is 22.7. The number of pyridine rings is 1. The number of fused-ring (bicyclic) bond motifs is 6. The van der Waals surface area contributed by atoms with E-state index in [4.69, 9.17) is 0 Å². The Labute approximate surface area is 226 Å². The minimum atomic E-state index is 0.0212. The predicted octanol–water partition coefficient (Wildman–Crippen LogP) is 7.10. The fraction of sp³-hybridized carbons (Fsp3) is 0.485. The molecule has 1 saturated heterocycles. The number of nitrogens with one attached hydrogen (secondary N) is 1. The van der Waals surface area contributed by atoms with Crippen molar-refractivity contribution in [3.05, 3.63) is 76.5 Å². The van der Waals surface area contributed by atoms with Crippen LogP contribution in [0.1, 0.15) is 114 Å². The van der Waals surface area contributed by atoms with Gasteiger partial charge in [-0.2, -0.15) is 0 Å². The Morgan fingerprint density at radius 3 is 2.53 bits per heavy atom. The van der Waals surface area contributed by atoms with Crippen molar-refractivity contribution in [2.24, 2.45) is 5.92 Å². The number of hydrogen-bond acceptors (Lipinski definition) is 4. The fourth-order valence-electron chi connectivity index (χ4n) is 7.20. The highest BCUT2D eigenvalue weighted by molar-refractivity contribution is 6.06. The van der Waals surface area contributed by atoms with Gasteiger partial charge in [-0.1, -0.05) is 31.2 Å². The van der Waals surface area contributed by atoms with Crippen molar-refractivity contribution >= 4 is 22.6 Å². The first-order valence-electron chi connectivity index (χ1n) is 14.6. The van der Waals surface area contributed by atoms with Crippen LogP contribution in [0.25, 0.3) is 10.9 Å². The third kappa shape index (κ3) is 4.77. The lowest BCUT2D eigenvalue weighted by atomic mass is 9.84. The molecule has 3 aliphatic rings. The molecule has 5 nitrogen and oxygen atoms in total. The predicted molar refractivity (Wildman–Crippen MR) is 151 cm³/mol. The summed E-state index contributed by atoms with van der Waals surface area (Å²) < 4.78 is 0. The maximum absolute atomic E-state index is 13.1. The summed E-state index contributed by atoms with van der Waals surface area (Å²) in [6.07, 6.45) is 9.66. The smallest absolute Gasteiger partial charge is 0.252 e. The van der Waals surface area contributed by atoms with E-state index in [2.05, 4.69) is 40.3 Å². The molecular weight excluding hydrogens is 470 g/mol. The molecule has 2 aromatic carbocycles. The number of amides is 1. The number of ketones is 1. The second-order valence-corrected chi connectivity index (χ2v) is 11.7. The summed E-state index contributed by atoms with van der Waals surface area (Å²) >= 11 is 0. The topological polar surface area (TPSA) is 62.3 Å². The van der Waals surface area contributed by atoms with E-state index in [9.17, 15) is 9.59 Å². The van der Waals surface area contributed by atoms with Gasteiger partial charge in [0, 0.05) is 46.8 Å². The van der Waals surface area contributed by atoms with Crippen LogP contribution in [-0.2, 0) is 0 Å². The van der Waals surface area contributed by atoms with Gasteiger partial charge in [-0.3, -0.25) is 19.5 Å². The van der Waals surface area contributed by atoms with Gasteiger partial charge in [0.2, 0.25) is 0 Å².